The van der Waals surface area contributed by atoms with Crippen LogP contribution in [0.3, 0.4) is 0 Å². The topological polar surface area (TPSA) is 58.2 Å². The largest absolute Gasteiger partial charge is 0.355 e. The van der Waals surface area contributed by atoms with Gasteiger partial charge in [0.25, 0.3) is 0 Å². The number of nitrogens with one attached hydrogen (secondary N) is 2. The van der Waals surface area contributed by atoms with Crippen LogP contribution in [0.1, 0.15) is 38.7 Å². The summed E-state index contributed by atoms with van der Waals surface area (Å²) >= 11 is 1.85. The highest BCUT2D eigenvalue weighted by Crippen LogP contribution is 2.28. The molecule has 120 valence electrons. The van der Waals surface area contributed by atoms with Crippen LogP contribution in [-0.4, -0.2) is 23.6 Å². The van der Waals surface area contributed by atoms with Gasteiger partial charge >= 0.3 is 0 Å². The summed E-state index contributed by atoms with van der Waals surface area (Å²) in [4.78, 5) is 24.6. The van der Waals surface area contributed by atoms with Crippen molar-refractivity contribution >= 4 is 29.3 Å². The van der Waals surface area contributed by atoms with Gasteiger partial charge in [-0.15, -0.1) is 11.8 Å². The minimum Gasteiger partial charge on any atom is -0.355 e. The zero-order chi connectivity index (χ0) is 16.1. The molecule has 22 heavy (non-hydrogen) atoms. The Morgan fingerprint density at radius 2 is 2.27 bits per heavy atom. The highest BCUT2D eigenvalue weighted by molar-refractivity contribution is 7.99. The van der Waals surface area contributed by atoms with Crippen molar-refractivity contribution in [2.75, 3.05) is 11.9 Å². The van der Waals surface area contributed by atoms with E-state index in [1.54, 1.807) is 0 Å². The maximum atomic E-state index is 12.3. The van der Waals surface area contributed by atoms with Crippen LogP contribution in [0.2, 0.25) is 0 Å². The molecule has 2 amide bonds. The molecule has 0 saturated carbocycles. The van der Waals surface area contributed by atoms with Crippen molar-refractivity contribution < 1.29 is 9.59 Å². The number of piperidine rings is 1. The van der Waals surface area contributed by atoms with Gasteiger partial charge < -0.3 is 10.6 Å². The molecule has 2 rings (SSSR count). The summed E-state index contributed by atoms with van der Waals surface area (Å²) in [6.45, 7) is 6.85. The number of benzene rings is 1. The fraction of sp³-hybridized carbons (Fsp3) is 0.529. The fourth-order valence-electron chi connectivity index (χ4n) is 2.36. The van der Waals surface area contributed by atoms with E-state index in [1.165, 1.54) is 4.90 Å². The molecule has 1 heterocycles. The van der Waals surface area contributed by atoms with Crippen molar-refractivity contribution in [2.45, 2.75) is 50.2 Å². The lowest BCUT2D eigenvalue weighted by Crippen LogP contribution is -2.40. The number of amides is 2. The van der Waals surface area contributed by atoms with Gasteiger partial charge in [0.05, 0.1) is 5.92 Å². The van der Waals surface area contributed by atoms with Crippen molar-refractivity contribution in [1.29, 1.82) is 0 Å². The molecular weight excluding hydrogens is 296 g/mol. The molecule has 1 fully saturated rings. The van der Waals surface area contributed by atoms with Crippen LogP contribution in [0, 0.1) is 12.8 Å². The predicted octanol–water partition coefficient (Wildman–Crippen LogP) is 3.35. The van der Waals surface area contributed by atoms with E-state index in [4.69, 9.17) is 0 Å². The summed E-state index contributed by atoms with van der Waals surface area (Å²) in [5.74, 6) is -0.108. The number of aryl methyl sites for hydroxylation is 1. The van der Waals surface area contributed by atoms with Crippen LogP contribution in [-0.2, 0) is 9.59 Å². The zero-order valence-electron chi connectivity index (χ0n) is 13.4. The maximum absolute atomic E-state index is 12.3. The number of anilines is 1. The van der Waals surface area contributed by atoms with E-state index in [2.05, 4.69) is 36.6 Å². The third-order valence-corrected chi connectivity index (χ3v) is 5.27. The Labute approximate surface area is 136 Å². The fourth-order valence-corrected chi connectivity index (χ4v) is 3.38. The molecule has 0 aromatic heterocycles. The molecule has 1 aliphatic rings. The second-order valence-corrected chi connectivity index (χ2v) is 7.35. The third-order valence-electron chi connectivity index (χ3n) is 4.00. The molecule has 0 aliphatic carbocycles. The lowest BCUT2D eigenvalue weighted by molar-refractivity contribution is -0.126. The summed E-state index contributed by atoms with van der Waals surface area (Å²) in [5.41, 5.74) is 1.93. The number of hydrogen-bond acceptors (Lipinski definition) is 3. The van der Waals surface area contributed by atoms with E-state index in [-0.39, 0.29) is 17.7 Å². The number of hydrogen-bond donors (Lipinski definition) is 2. The Kier molecular flexibility index (Phi) is 5.89. The first-order valence-electron chi connectivity index (χ1n) is 7.84. The lowest BCUT2D eigenvalue weighted by Gasteiger charge is -2.22. The van der Waals surface area contributed by atoms with Crippen molar-refractivity contribution in [3.8, 4) is 0 Å². The molecule has 1 aromatic rings. The van der Waals surface area contributed by atoms with E-state index in [0.717, 1.165) is 17.7 Å². The first-order chi connectivity index (χ1) is 10.5. The third kappa shape index (κ3) is 4.50. The zero-order valence-corrected chi connectivity index (χ0v) is 14.3. The Morgan fingerprint density at radius 1 is 1.50 bits per heavy atom. The Balaban J connectivity index is 1.97. The molecular formula is C17H24N2O2S. The standard InChI is InChI=1S/C17H24N2O2S/c1-4-12(3)22-14-6-7-15(11(2)9-14)19-17(21)13-5-8-16(20)18-10-13/h6-7,9,12-13H,4-5,8,10H2,1-3H3,(H,18,20)(H,19,21)/t12-,13-/m0/s1. The normalized spacial score (nSPS) is 19.4. The first kappa shape index (κ1) is 16.9. The minimum atomic E-state index is -0.133. The average molecular weight is 320 g/mol. The van der Waals surface area contributed by atoms with Gasteiger partial charge in [0, 0.05) is 28.8 Å². The highest BCUT2D eigenvalue weighted by Gasteiger charge is 2.24. The molecule has 1 saturated heterocycles. The van der Waals surface area contributed by atoms with E-state index in [0.29, 0.717) is 24.6 Å². The summed E-state index contributed by atoms with van der Waals surface area (Å²) < 4.78 is 0. The van der Waals surface area contributed by atoms with Crippen LogP contribution in [0.15, 0.2) is 23.1 Å². The number of rotatable bonds is 5. The quantitative estimate of drug-likeness (QED) is 0.818. The number of thioether (sulfide) groups is 1. The van der Waals surface area contributed by atoms with Gasteiger partial charge in [-0.05, 0) is 43.5 Å². The van der Waals surface area contributed by atoms with Crippen molar-refractivity contribution in [3.05, 3.63) is 23.8 Å². The van der Waals surface area contributed by atoms with E-state index < -0.39 is 0 Å². The van der Waals surface area contributed by atoms with Crippen LogP contribution < -0.4 is 10.6 Å². The molecule has 0 radical (unpaired) electrons. The van der Waals surface area contributed by atoms with E-state index in [9.17, 15) is 9.59 Å². The Hall–Kier alpha value is -1.49. The second-order valence-electron chi connectivity index (χ2n) is 5.84. The highest BCUT2D eigenvalue weighted by atomic mass is 32.2. The second kappa shape index (κ2) is 7.68. The first-order valence-corrected chi connectivity index (χ1v) is 8.72. The molecule has 4 nitrogen and oxygen atoms in total. The maximum Gasteiger partial charge on any atom is 0.229 e. The van der Waals surface area contributed by atoms with Crippen molar-refractivity contribution in [3.63, 3.8) is 0 Å². The predicted molar refractivity (Wildman–Crippen MR) is 91.2 cm³/mol. The van der Waals surface area contributed by atoms with Gasteiger partial charge in [0.15, 0.2) is 0 Å². The van der Waals surface area contributed by atoms with Crippen LogP contribution in [0.5, 0.6) is 0 Å². The average Bonchev–Trinajstić information content (AvgIpc) is 2.50. The molecule has 2 atom stereocenters. The minimum absolute atomic E-state index is 0.00886. The Bertz CT molecular complexity index is 550. The van der Waals surface area contributed by atoms with E-state index >= 15 is 0 Å². The van der Waals surface area contributed by atoms with Gasteiger partial charge in [-0.25, -0.2) is 0 Å². The van der Waals surface area contributed by atoms with Crippen molar-refractivity contribution in [2.24, 2.45) is 5.92 Å². The van der Waals surface area contributed by atoms with E-state index in [1.807, 2.05) is 24.8 Å². The van der Waals surface area contributed by atoms with Crippen LogP contribution >= 0.6 is 11.8 Å². The molecule has 0 spiro atoms. The molecule has 0 bridgehead atoms. The van der Waals surface area contributed by atoms with Crippen LogP contribution in [0.25, 0.3) is 0 Å². The molecule has 5 heteroatoms. The summed E-state index contributed by atoms with van der Waals surface area (Å²) in [6, 6.07) is 6.15. The number of carbonyl (C=O) groups excluding carboxylic acids is 2. The molecule has 0 unspecified atom stereocenters. The summed E-state index contributed by atoms with van der Waals surface area (Å²) in [7, 11) is 0. The Morgan fingerprint density at radius 3 is 2.86 bits per heavy atom. The van der Waals surface area contributed by atoms with Gasteiger partial charge in [0.1, 0.15) is 0 Å². The van der Waals surface area contributed by atoms with Gasteiger partial charge in [-0.3, -0.25) is 9.59 Å². The lowest BCUT2D eigenvalue weighted by atomic mass is 9.98. The summed E-state index contributed by atoms with van der Waals surface area (Å²) in [6.07, 6.45) is 2.19. The molecule has 1 aromatic carbocycles. The van der Waals surface area contributed by atoms with Crippen molar-refractivity contribution in [1.82, 2.24) is 5.32 Å². The summed E-state index contributed by atoms with van der Waals surface area (Å²) in [5, 5.41) is 6.33. The van der Waals surface area contributed by atoms with Gasteiger partial charge in [-0.2, -0.15) is 0 Å². The smallest absolute Gasteiger partial charge is 0.229 e. The number of carbonyl (C=O) groups is 2. The van der Waals surface area contributed by atoms with Gasteiger partial charge in [-0.1, -0.05) is 13.8 Å². The molecule has 1 aliphatic heterocycles. The van der Waals surface area contributed by atoms with Crippen LogP contribution in [0.4, 0.5) is 5.69 Å². The monoisotopic (exact) mass is 320 g/mol. The SMILES string of the molecule is CC[C@H](C)Sc1ccc(NC(=O)[C@H]2CCC(=O)NC2)c(C)c1. The van der Waals surface area contributed by atoms with Gasteiger partial charge in [0.2, 0.25) is 11.8 Å². The molecule has 2 N–H and O–H groups in total.